The number of rotatable bonds is 10. The third-order valence-corrected chi connectivity index (χ3v) is 4.50. The van der Waals surface area contributed by atoms with Crippen LogP contribution in [-0.4, -0.2) is 55.3 Å². The lowest BCUT2D eigenvalue weighted by atomic mass is 9.97. The predicted molar refractivity (Wildman–Crippen MR) is 85.7 cm³/mol. The standard InChI is InChI=1S/C17H28N2O4/c1-12(2)7-15(16(21)17(22)18-8-13-3-4-13)19(11-20)9-14-5-6-23-10-14/h11-15H,3-10H2,1-2H3,(H,18,22). The molecule has 1 aliphatic heterocycles. The van der Waals surface area contributed by atoms with Crippen LogP contribution in [0.1, 0.15) is 39.5 Å². The normalized spacial score (nSPS) is 22.0. The van der Waals surface area contributed by atoms with Crippen LogP contribution in [0.25, 0.3) is 0 Å². The molecule has 2 unspecified atom stereocenters. The number of ether oxygens (including phenoxy) is 1. The predicted octanol–water partition coefficient (Wildman–Crippen LogP) is 0.991. The van der Waals surface area contributed by atoms with E-state index in [4.69, 9.17) is 4.74 Å². The number of hydrogen-bond donors (Lipinski definition) is 1. The molecule has 130 valence electrons. The Hall–Kier alpha value is -1.43. The Balaban J connectivity index is 1.97. The fourth-order valence-corrected chi connectivity index (χ4v) is 2.91. The van der Waals surface area contributed by atoms with Crippen LogP contribution in [-0.2, 0) is 19.1 Å². The van der Waals surface area contributed by atoms with Gasteiger partial charge in [0, 0.05) is 25.6 Å². The Morgan fingerprint density at radius 1 is 1.26 bits per heavy atom. The highest BCUT2D eigenvalue weighted by atomic mass is 16.5. The lowest BCUT2D eigenvalue weighted by Gasteiger charge is -2.29. The molecular formula is C17H28N2O4. The lowest BCUT2D eigenvalue weighted by molar-refractivity contribution is -0.143. The fourth-order valence-electron chi connectivity index (χ4n) is 2.91. The molecular weight excluding hydrogens is 296 g/mol. The van der Waals surface area contributed by atoms with Crippen molar-refractivity contribution in [2.24, 2.45) is 17.8 Å². The molecule has 2 rings (SSSR count). The van der Waals surface area contributed by atoms with Gasteiger partial charge >= 0.3 is 0 Å². The van der Waals surface area contributed by atoms with Gasteiger partial charge in [0.2, 0.25) is 12.2 Å². The number of Topliss-reactive ketones (excluding diaryl/α,β-unsaturated/α-hetero) is 1. The number of hydrogen-bond acceptors (Lipinski definition) is 4. The minimum atomic E-state index is -0.674. The van der Waals surface area contributed by atoms with Crippen molar-refractivity contribution in [2.45, 2.75) is 45.6 Å². The zero-order valence-corrected chi connectivity index (χ0v) is 14.1. The van der Waals surface area contributed by atoms with Gasteiger partial charge in [-0.15, -0.1) is 0 Å². The molecule has 1 saturated carbocycles. The van der Waals surface area contributed by atoms with Crippen LogP contribution in [0.5, 0.6) is 0 Å². The van der Waals surface area contributed by atoms with Crippen LogP contribution in [0, 0.1) is 17.8 Å². The highest BCUT2D eigenvalue weighted by molar-refractivity contribution is 6.38. The molecule has 0 aromatic carbocycles. The number of nitrogens with zero attached hydrogens (tertiary/aromatic N) is 1. The smallest absolute Gasteiger partial charge is 0.289 e. The molecule has 2 amide bonds. The fraction of sp³-hybridized carbons (Fsp3) is 0.824. The number of amides is 2. The summed E-state index contributed by atoms with van der Waals surface area (Å²) < 4.78 is 5.34. The van der Waals surface area contributed by atoms with Crippen LogP contribution in [0.4, 0.5) is 0 Å². The van der Waals surface area contributed by atoms with E-state index in [0.717, 1.165) is 19.3 Å². The largest absolute Gasteiger partial charge is 0.381 e. The van der Waals surface area contributed by atoms with Crippen LogP contribution in [0.15, 0.2) is 0 Å². The first-order valence-electron chi connectivity index (χ1n) is 8.62. The van der Waals surface area contributed by atoms with E-state index in [-0.39, 0.29) is 11.8 Å². The second kappa shape index (κ2) is 8.43. The zero-order chi connectivity index (χ0) is 16.8. The maximum Gasteiger partial charge on any atom is 0.289 e. The van der Waals surface area contributed by atoms with E-state index < -0.39 is 17.7 Å². The Kier molecular flexibility index (Phi) is 6.57. The van der Waals surface area contributed by atoms with Gasteiger partial charge in [-0.25, -0.2) is 0 Å². The number of ketones is 1. The van der Waals surface area contributed by atoms with E-state index in [0.29, 0.717) is 45.1 Å². The Bertz CT molecular complexity index is 428. The number of carbonyl (C=O) groups is 3. The summed E-state index contributed by atoms with van der Waals surface area (Å²) in [6.45, 7) is 6.33. The van der Waals surface area contributed by atoms with Crippen molar-refractivity contribution in [1.82, 2.24) is 10.2 Å². The van der Waals surface area contributed by atoms with E-state index in [9.17, 15) is 14.4 Å². The average molecular weight is 324 g/mol. The van der Waals surface area contributed by atoms with Gasteiger partial charge < -0.3 is 15.0 Å². The third kappa shape index (κ3) is 5.61. The van der Waals surface area contributed by atoms with Crippen molar-refractivity contribution in [3.8, 4) is 0 Å². The van der Waals surface area contributed by atoms with Crippen molar-refractivity contribution < 1.29 is 19.1 Å². The van der Waals surface area contributed by atoms with E-state index in [1.54, 1.807) is 0 Å². The maximum absolute atomic E-state index is 12.5. The summed E-state index contributed by atoms with van der Waals surface area (Å²) >= 11 is 0. The highest BCUT2D eigenvalue weighted by Gasteiger charge is 2.33. The minimum Gasteiger partial charge on any atom is -0.381 e. The molecule has 1 aliphatic carbocycles. The second-order valence-corrected chi connectivity index (χ2v) is 7.19. The van der Waals surface area contributed by atoms with Gasteiger partial charge in [-0.2, -0.15) is 0 Å². The van der Waals surface area contributed by atoms with Gasteiger partial charge in [-0.1, -0.05) is 13.8 Å². The SMILES string of the molecule is CC(C)CC(C(=O)C(=O)NCC1CC1)N(C=O)CC1CCOC1. The highest BCUT2D eigenvalue weighted by Crippen LogP contribution is 2.27. The van der Waals surface area contributed by atoms with Gasteiger partial charge in [-0.05, 0) is 37.5 Å². The topological polar surface area (TPSA) is 75.7 Å². The molecule has 1 heterocycles. The zero-order valence-electron chi connectivity index (χ0n) is 14.1. The van der Waals surface area contributed by atoms with E-state index >= 15 is 0 Å². The van der Waals surface area contributed by atoms with Crippen LogP contribution in [0.2, 0.25) is 0 Å². The van der Waals surface area contributed by atoms with Gasteiger partial charge in [-0.3, -0.25) is 14.4 Å². The lowest BCUT2D eigenvalue weighted by Crippen LogP contribution is -2.49. The maximum atomic E-state index is 12.5. The molecule has 0 aromatic heterocycles. The van der Waals surface area contributed by atoms with Crippen molar-refractivity contribution in [3.63, 3.8) is 0 Å². The molecule has 0 bridgehead atoms. The summed E-state index contributed by atoms with van der Waals surface area (Å²) in [6.07, 6.45) is 4.33. The summed E-state index contributed by atoms with van der Waals surface area (Å²) in [5.74, 6) is -0.0600. The summed E-state index contributed by atoms with van der Waals surface area (Å²) in [4.78, 5) is 37.7. The van der Waals surface area contributed by atoms with Crippen LogP contribution in [0.3, 0.4) is 0 Å². The molecule has 1 saturated heterocycles. The second-order valence-electron chi connectivity index (χ2n) is 7.19. The summed E-state index contributed by atoms with van der Waals surface area (Å²) in [5, 5.41) is 2.71. The first-order chi connectivity index (χ1) is 11.0. The minimum absolute atomic E-state index is 0.225. The summed E-state index contributed by atoms with van der Waals surface area (Å²) in [6, 6.07) is -0.674. The number of carbonyl (C=O) groups excluding carboxylic acids is 3. The van der Waals surface area contributed by atoms with Crippen molar-refractivity contribution >= 4 is 18.1 Å². The summed E-state index contributed by atoms with van der Waals surface area (Å²) in [5.41, 5.74) is 0. The molecule has 2 atom stereocenters. The summed E-state index contributed by atoms with van der Waals surface area (Å²) in [7, 11) is 0. The molecule has 2 fully saturated rings. The molecule has 0 aromatic rings. The van der Waals surface area contributed by atoms with Crippen molar-refractivity contribution in [1.29, 1.82) is 0 Å². The third-order valence-electron chi connectivity index (χ3n) is 4.50. The van der Waals surface area contributed by atoms with Gasteiger partial charge in [0.25, 0.3) is 5.91 Å². The van der Waals surface area contributed by atoms with Crippen LogP contribution >= 0.6 is 0 Å². The first-order valence-corrected chi connectivity index (χ1v) is 8.62. The molecule has 23 heavy (non-hydrogen) atoms. The van der Waals surface area contributed by atoms with Gasteiger partial charge in [0.05, 0.1) is 6.61 Å². The molecule has 0 spiro atoms. The molecule has 6 nitrogen and oxygen atoms in total. The van der Waals surface area contributed by atoms with Crippen LogP contribution < -0.4 is 5.32 Å². The molecule has 0 radical (unpaired) electrons. The Morgan fingerprint density at radius 3 is 2.52 bits per heavy atom. The monoisotopic (exact) mass is 324 g/mol. The number of nitrogens with one attached hydrogen (secondary N) is 1. The van der Waals surface area contributed by atoms with E-state index in [1.807, 2.05) is 13.8 Å². The van der Waals surface area contributed by atoms with Crippen molar-refractivity contribution in [3.05, 3.63) is 0 Å². The Labute approximate surface area is 137 Å². The average Bonchev–Trinajstić information content (AvgIpc) is 3.22. The Morgan fingerprint density at radius 2 is 2.00 bits per heavy atom. The molecule has 6 heteroatoms. The van der Waals surface area contributed by atoms with E-state index in [2.05, 4.69) is 5.32 Å². The van der Waals surface area contributed by atoms with E-state index in [1.165, 1.54) is 4.90 Å². The quantitative estimate of drug-likeness (QED) is 0.480. The van der Waals surface area contributed by atoms with Gasteiger partial charge in [0.15, 0.2) is 0 Å². The van der Waals surface area contributed by atoms with Gasteiger partial charge in [0.1, 0.15) is 6.04 Å². The molecule has 1 N–H and O–H groups in total. The first kappa shape index (κ1) is 17.9. The van der Waals surface area contributed by atoms with Crippen molar-refractivity contribution in [2.75, 3.05) is 26.3 Å². The molecule has 2 aliphatic rings.